The number of carbonyl (C=O) groups is 2. The van der Waals surface area contributed by atoms with Gasteiger partial charge >= 0.3 is 0 Å². The average Bonchev–Trinajstić information content (AvgIpc) is 2.63. The maximum atomic E-state index is 12.5. The van der Waals surface area contributed by atoms with Gasteiger partial charge < -0.3 is 15.0 Å². The molecule has 1 aromatic carbocycles. The van der Waals surface area contributed by atoms with Gasteiger partial charge in [-0.25, -0.2) is 0 Å². The van der Waals surface area contributed by atoms with E-state index >= 15 is 0 Å². The Kier molecular flexibility index (Phi) is 5.18. The van der Waals surface area contributed by atoms with Gasteiger partial charge in [0.2, 0.25) is 11.8 Å². The van der Waals surface area contributed by atoms with Gasteiger partial charge in [-0.05, 0) is 17.7 Å². The number of nitrogens with zero attached hydrogens (tertiary/aromatic N) is 2. The molecule has 2 heterocycles. The fraction of sp³-hybridized carbons (Fsp3) is 0.278. The van der Waals surface area contributed by atoms with Crippen LogP contribution in [0.4, 0.5) is 0 Å². The second kappa shape index (κ2) is 7.70. The van der Waals surface area contributed by atoms with E-state index < -0.39 is 6.04 Å². The quantitative estimate of drug-likeness (QED) is 0.894. The second-order valence-corrected chi connectivity index (χ2v) is 5.58. The zero-order chi connectivity index (χ0) is 16.8. The molecule has 0 bridgehead atoms. The third kappa shape index (κ3) is 3.97. The van der Waals surface area contributed by atoms with Crippen LogP contribution in [0.15, 0.2) is 54.7 Å². The maximum Gasteiger partial charge on any atom is 0.249 e. The van der Waals surface area contributed by atoms with Crippen LogP contribution in [0, 0.1) is 0 Å². The number of rotatable bonds is 5. The summed E-state index contributed by atoms with van der Waals surface area (Å²) < 4.78 is 5.27. The maximum absolute atomic E-state index is 12.5. The topological polar surface area (TPSA) is 71.5 Å². The highest BCUT2D eigenvalue weighted by Gasteiger charge is 2.33. The number of morpholine rings is 1. The van der Waals surface area contributed by atoms with Crippen molar-refractivity contribution in [3.63, 3.8) is 0 Å². The number of hydrogen-bond donors (Lipinski definition) is 1. The molecule has 3 rings (SSSR count). The smallest absolute Gasteiger partial charge is 0.249 e. The van der Waals surface area contributed by atoms with Crippen molar-refractivity contribution in [1.29, 1.82) is 0 Å². The first-order valence-electron chi connectivity index (χ1n) is 7.83. The number of hydrogen-bond acceptors (Lipinski definition) is 4. The van der Waals surface area contributed by atoms with Gasteiger partial charge in [0.05, 0.1) is 18.8 Å². The molecule has 24 heavy (non-hydrogen) atoms. The van der Waals surface area contributed by atoms with Crippen molar-refractivity contribution in [2.24, 2.45) is 0 Å². The summed E-state index contributed by atoms with van der Waals surface area (Å²) in [7, 11) is 0. The van der Waals surface area contributed by atoms with E-state index in [1.165, 1.54) is 0 Å². The molecular formula is C18H19N3O3. The first-order chi connectivity index (χ1) is 11.7. The van der Waals surface area contributed by atoms with Gasteiger partial charge in [0.25, 0.3) is 0 Å². The molecule has 124 valence electrons. The summed E-state index contributed by atoms with van der Waals surface area (Å²) in [5.41, 5.74) is 1.75. The minimum absolute atomic E-state index is 0.0108. The van der Waals surface area contributed by atoms with Crippen LogP contribution < -0.4 is 5.32 Å². The highest BCUT2D eigenvalue weighted by atomic mass is 16.5. The summed E-state index contributed by atoms with van der Waals surface area (Å²) in [6.07, 6.45) is 1.68. The lowest BCUT2D eigenvalue weighted by Gasteiger charge is -2.34. The van der Waals surface area contributed by atoms with E-state index in [-0.39, 0.29) is 25.0 Å². The van der Waals surface area contributed by atoms with E-state index in [2.05, 4.69) is 10.3 Å². The van der Waals surface area contributed by atoms with Gasteiger partial charge in [0.15, 0.2) is 0 Å². The van der Waals surface area contributed by atoms with Crippen LogP contribution in [0.5, 0.6) is 0 Å². The van der Waals surface area contributed by atoms with Gasteiger partial charge in [-0.15, -0.1) is 0 Å². The van der Waals surface area contributed by atoms with Gasteiger partial charge in [0.1, 0.15) is 12.6 Å². The highest BCUT2D eigenvalue weighted by molar-refractivity contribution is 5.89. The third-order valence-electron chi connectivity index (χ3n) is 3.87. The molecule has 2 aromatic rings. The lowest BCUT2D eigenvalue weighted by Crippen LogP contribution is -2.55. The number of amides is 2. The fourth-order valence-corrected chi connectivity index (χ4v) is 2.60. The molecule has 6 heteroatoms. The first-order valence-corrected chi connectivity index (χ1v) is 7.83. The Bertz CT molecular complexity index is 691. The highest BCUT2D eigenvalue weighted by Crippen LogP contribution is 2.14. The second-order valence-electron chi connectivity index (χ2n) is 5.58. The number of ether oxygens (including phenoxy) is 1. The van der Waals surface area contributed by atoms with Gasteiger partial charge in [-0.3, -0.25) is 14.6 Å². The Balaban J connectivity index is 1.66. The Morgan fingerprint density at radius 3 is 2.75 bits per heavy atom. The molecular weight excluding hydrogens is 306 g/mol. The predicted molar refractivity (Wildman–Crippen MR) is 87.7 cm³/mol. The Morgan fingerprint density at radius 1 is 1.21 bits per heavy atom. The van der Waals surface area contributed by atoms with E-state index in [1.54, 1.807) is 11.1 Å². The van der Waals surface area contributed by atoms with E-state index in [4.69, 9.17) is 4.74 Å². The minimum Gasteiger partial charge on any atom is -0.369 e. The number of carbonyl (C=O) groups excluding carboxylic acids is 2. The van der Waals surface area contributed by atoms with Crippen molar-refractivity contribution >= 4 is 11.8 Å². The molecule has 1 atom stereocenters. The molecule has 0 spiro atoms. The zero-order valence-electron chi connectivity index (χ0n) is 13.2. The monoisotopic (exact) mass is 325 g/mol. The Labute approximate surface area is 140 Å². The number of aromatic nitrogens is 1. The van der Waals surface area contributed by atoms with Gasteiger partial charge in [-0.1, -0.05) is 36.4 Å². The Hall–Kier alpha value is -2.73. The van der Waals surface area contributed by atoms with Crippen LogP contribution in [0.2, 0.25) is 0 Å². The molecule has 1 aliphatic heterocycles. The molecule has 1 saturated heterocycles. The fourth-order valence-electron chi connectivity index (χ4n) is 2.60. The van der Waals surface area contributed by atoms with Crippen LogP contribution in [-0.2, 0) is 27.4 Å². The van der Waals surface area contributed by atoms with E-state index in [0.29, 0.717) is 13.1 Å². The molecule has 0 saturated carbocycles. The molecule has 0 aliphatic carbocycles. The first kappa shape index (κ1) is 16.1. The summed E-state index contributed by atoms with van der Waals surface area (Å²) in [5.74, 6) is -0.410. The van der Waals surface area contributed by atoms with Crippen molar-refractivity contribution < 1.29 is 14.3 Å². The molecule has 1 aliphatic rings. The minimum atomic E-state index is -0.629. The average molecular weight is 325 g/mol. The summed E-state index contributed by atoms with van der Waals surface area (Å²) in [4.78, 5) is 30.4. The SMILES string of the molecule is O=C(NCc1ccccn1)[C@@H]1COCC(=O)N1Cc1ccccc1. The van der Waals surface area contributed by atoms with Crippen LogP contribution in [-0.4, -0.2) is 41.0 Å². The largest absolute Gasteiger partial charge is 0.369 e. The van der Waals surface area contributed by atoms with Crippen molar-refractivity contribution in [3.05, 3.63) is 66.0 Å². The number of nitrogens with one attached hydrogen (secondary N) is 1. The lowest BCUT2D eigenvalue weighted by atomic mass is 10.1. The molecule has 6 nitrogen and oxygen atoms in total. The summed E-state index contributed by atoms with van der Waals surface area (Å²) in [6.45, 7) is 0.928. The van der Waals surface area contributed by atoms with Gasteiger partial charge in [0, 0.05) is 12.7 Å². The predicted octanol–water partition coefficient (Wildman–Crippen LogP) is 1.13. The molecule has 1 N–H and O–H groups in total. The number of pyridine rings is 1. The molecule has 0 radical (unpaired) electrons. The van der Waals surface area contributed by atoms with Crippen molar-refractivity contribution in [2.45, 2.75) is 19.1 Å². The molecule has 1 aromatic heterocycles. The summed E-state index contributed by atoms with van der Waals surface area (Å²) >= 11 is 0. The Morgan fingerprint density at radius 2 is 2.00 bits per heavy atom. The van der Waals surface area contributed by atoms with Crippen molar-refractivity contribution in [2.75, 3.05) is 13.2 Å². The van der Waals surface area contributed by atoms with Crippen molar-refractivity contribution in [3.8, 4) is 0 Å². The van der Waals surface area contributed by atoms with Crippen LogP contribution in [0.1, 0.15) is 11.3 Å². The van der Waals surface area contributed by atoms with E-state index in [0.717, 1.165) is 11.3 Å². The van der Waals surface area contributed by atoms with E-state index in [9.17, 15) is 9.59 Å². The van der Waals surface area contributed by atoms with Crippen LogP contribution >= 0.6 is 0 Å². The molecule has 2 amide bonds. The standard InChI is InChI=1S/C18H19N3O3/c22-17-13-24-12-16(21(17)11-14-6-2-1-3-7-14)18(23)20-10-15-8-4-5-9-19-15/h1-9,16H,10-13H2,(H,20,23)/t16-/m0/s1. The lowest BCUT2D eigenvalue weighted by molar-refractivity contribution is -0.155. The van der Waals surface area contributed by atoms with Crippen LogP contribution in [0.25, 0.3) is 0 Å². The van der Waals surface area contributed by atoms with Crippen LogP contribution in [0.3, 0.4) is 0 Å². The third-order valence-corrected chi connectivity index (χ3v) is 3.87. The van der Waals surface area contributed by atoms with Crippen molar-refractivity contribution in [1.82, 2.24) is 15.2 Å². The molecule has 0 unspecified atom stereocenters. The van der Waals surface area contributed by atoms with E-state index in [1.807, 2.05) is 48.5 Å². The van der Waals surface area contributed by atoms with Gasteiger partial charge in [-0.2, -0.15) is 0 Å². The zero-order valence-corrected chi connectivity index (χ0v) is 13.2. The number of benzene rings is 1. The summed E-state index contributed by atoms with van der Waals surface area (Å²) in [6, 6.07) is 14.5. The summed E-state index contributed by atoms with van der Waals surface area (Å²) in [5, 5.41) is 2.83. The normalized spacial score (nSPS) is 17.6. The molecule has 1 fully saturated rings.